The van der Waals surface area contributed by atoms with Gasteiger partial charge in [0.15, 0.2) is 5.13 Å². The molecule has 78 valence electrons. The summed E-state index contributed by atoms with van der Waals surface area (Å²) < 4.78 is 0. The highest BCUT2D eigenvalue weighted by atomic mass is 32.1. The predicted octanol–water partition coefficient (Wildman–Crippen LogP) is 1.37. The van der Waals surface area contributed by atoms with Gasteiger partial charge >= 0.3 is 0 Å². The fourth-order valence-corrected chi connectivity index (χ4v) is 1.57. The molecule has 0 unspecified atom stereocenters. The highest BCUT2D eigenvalue weighted by Crippen LogP contribution is 2.16. The van der Waals surface area contributed by atoms with Crippen LogP contribution in [-0.4, -0.2) is 16.9 Å². The van der Waals surface area contributed by atoms with E-state index in [9.17, 15) is 4.79 Å². The van der Waals surface area contributed by atoms with Gasteiger partial charge in [-0.15, -0.1) is 11.3 Å². The zero-order valence-corrected chi connectivity index (χ0v) is 9.39. The van der Waals surface area contributed by atoms with Crippen molar-refractivity contribution in [1.82, 2.24) is 4.98 Å². The van der Waals surface area contributed by atoms with Gasteiger partial charge in [-0.25, -0.2) is 4.98 Å². The lowest BCUT2D eigenvalue weighted by atomic mass is 10.1. The molecule has 0 fully saturated rings. The molecule has 1 atom stereocenters. The van der Waals surface area contributed by atoms with Gasteiger partial charge in [-0.05, 0) is 12.8 Å². The van der Waals surface area contributed by atoms with Crippen molar-refractivity contribution < 1.29 is 4.79 Å². The van der Waals surface area contributed by atoms with E-state index in [2.05, 4.69) is 10.3 Å². The number of hydrogen-bond donors (Lipinski definition) is 2. The zero-order chi connectivity index (χ0) is 10.7. The summed E-state index contributed by atoms with van der Waals surface area (Å²) in [6.45, 7) is 5.77. The molecule has 5 heteroatoms. The molecule has 1 aromatic rings. The van der Waals surface area contributed by atoms with Crippen LogP contribution in [0.15, 0.2) is 6.20 Å². The molecule has 1 rings (SSSR count). The number of anilines is 1. The highest BCUT2D eigenvalue weighted by molar-refractivity contribution is 7.15. The number of amides is 1. The number of aromatic nitrogens is 1. The van der Waals surface area contributed by atoms with Crippen LogP contribution in [0.2, 0.25) is 0 Å². The number of aryl methyl sites for hydroxylation is 1. The van der Waals surface area contributed by atoms with Crippen LogP contribution in [0.5, 0.6) is 0 Å². The molecule has 14 heavy (non-hydrogen) atoms. The van der Waals surface area contributed by atoms with Gasteiger partial charge in [0.1, 0.15) is 0 Å². The van der Waals surface area contributed by atoms with E-state index in [1.54, 1.807) is 6.20 Å². The summed E-state index contributed by atoms with van der Waals surface area (Å²) in [4.78, 5) is 16.6. The number of rotatable bonds is 3. The van der Waals surface area contributed by atoms with Gasteiger partial charge in [0, 0.05) is 11.1 Å². The molecule has 4 nitrogen and oxygen atoms in total. The van der Waals surface area contributed by atoms with Crippen molar-refractivity contribution >= 4 is 22.4 Å². The Kier molecular flexibility index (Phi) is 3.60. The molecule has 0 aliphatic rings. The van der Waals surface area contributed by atoms with Gasteiger partial charge in [-0.2, -0.15) is 0 Å². The molecule has 0 bridgehead atoms. The van der Waals surface area contributed by atoms with Crippen LogP contribution in [0.4, 0.5) is 5.13 Å². The predicted molar refractivity (Wildman–Crippen MR) is 58.3 cm³/mol. The molecule has 1 aromatic heterocycles. The van der Waals surface area contributed by atoms with Gasteiger partial charge < -0.3 is 11.1 Å². The lowest BCUT2D eigenvalue weighted by molar-refractivity contribution is -0.118. The molecular formula is C9H15N3OS. The number of hydrogen-bond acceptors (Lipinski definition) is 4. The summed E-state index contributed by atoms with van der Waals surface area (Å²) in [5.74, 6) is -0.0367. The van der Waals surface area contributed by atoms with Crippen molar-refractivity contribution in [1.29, 1.82) is 0 Å². The Morgan fingerprint density at radius 3 is 2.71 bits per heavy atom. The van der Waals surface area contributed by atoms with Crippen LogP contribution < -0.4 is 11.1 Å². The maximum Gasteiger partial charge on any atom is 0.243 e. The number of nitrogens with one attached hydrogen (secondary N) is 1. The molecule has 3 N–H and O–H groups in total. The Morgan fingerprint density at radius 1 is 1.64 bits per heavy atom. The zero-order valence-electron chi connectivity index (χ0n) is 8.57. The first-order chi connectivity index (χ1) is 6.50. The summed E-state index contributed by atoms with van der Waals surface area (Å²) in [6, 6.07) is -0.473. The summed E-state index contributed by atoms with van der Waals surface area (Å²) >= 11 is 1.45. The monoisotopic (exact) mass is 213 g/mol. The standard InChI is InChI=1S/C9H15N3OS/c1-5(2)7(10)8(13)12-9-11-4-6(3)14-9/h4-5,7H,10H2,1-3H3,(H,11,12,13)/t7-/m1/s1. The SMILES string of the molecule is Cc1cnc(NC(=O)[C@H](N)C(C)C)s1. The van der Waals surface area contributed by atoms with Crippen molar-refractivity contribution in [3.05, 3.63) is 11.1 Å². The van der Waals surface area contributed by atoms with Gasteiger partial charge in [0.2, 0.25) is 5.91 Å². The first kappa shape index (κ1) is 11.1. The number of nitrogens with two attached hydrogens (primary N) is 1. The average molecular weight is 213 g/mol. The van der Waals surface area contributed by atoms with E-state index in [4.69, 9.17) is 5.73 Å². The van der Waals surface area contributed by atoms with Crippen LogP contribution in [-0.2, 0) is 4.79 Å². The second-order valence-corrected chi connectivity index (χ2v) is 4.77. The normalized spacial score (nSPS) is 12.9. The van der Waals surface area contributed by atoms with Crippen molar-refractivity contribution in [2.45, 2.75) is 26.8 Å². The largest absolute Gasteiger partial charge is 0.320 e. The Bertz CT molecular complexity index is 322. The lowest BCUT2D eigenvalue weighted by Gasteiger charge is -2.13. The molecule has 0 saturated carbocycles. The molecule has 0 aromatic carbocycles. The Hall–Kier alpha value is -0.940. The summed E-state index contributed by atoms with van der Waals surface area (Å²) in [6.07, 6.45) is 1.72. The van der Waals surface area contributed by atoms with E-state index < -0.39 is 6.04 Å². The minimum atomic E-state index is -0.473. The van der Waals surface area contributed by atoms with Gasteiger partial charge in [-0.1, -0.05) is 13.8 Å². The third-order valence-corrected chi connectivity index (χ3v) is 2.70. The van der Waals surface area contributed by atoms with Gasteiger partial charge in [0.25, 0.3) is 0 Å². The van der Waals surface area contributed by atoms with Gasteiger partial charge in [-0.3, -0.25) is 4.79 Å². The molecule has 0 radical (unpaired) electrons. The lowest BCUT2D eigenvalue weighted by Crippen LogP contribution is -2.39. The number of thiazole rings is 1. The fourth-order valence-electron chi connectivity index (χ4n) is 0.904. The Labute approximate surface area is 87.5 Å². The third kappa shape index (κ3) is 2.78. The van der Waals surface area contributed by atoms with E-state index in [-0.39, 0.29) is 11.8 Å². The van der Waals surface area contributed by atoms with E-state index in [1.165, 1.54) is 11.3 Å². The molecule has 0 aliphatic carbocycles. The minimum Gasteiger partial charge on any atom is -0.320 e. The van der Waals surface area contributed by atoms with Crippen molar-refractivity contribution in [2.75, 3.05) is 5.32 Å². The molecule has 0 spiro atoms. The molecule has 0 saturated heterocycles. The van der Waals surface area contributed by atoms with Crippen LogP contribution in [0.3, 0.4) is 0 Å². The summed E-state index contributed by atoms with van der Waals surface area (Å²) in [5.41, 5.74) is 5.68. The van der Waals surface area contributed by atoms with Crippen LogP contribution in [0.25, 0.3) is 0 Å². The molecule has 1 amide bonds. The van der Waals surface area contributed by atoms with E-state index in [0.29, 0.717) is 5.13 Å². The topological polar surface area (TPSA) is 68.0 Å². The van der Waals surface area contributed by atoms with Crippen LogP contribution in [0.1, 0.15) is 18.7 Å². The number of carbonyl (C=O) groups excluding carboxylic acids is 1. The van der Waals surface area contributed by atoms with Crippen LogP contribution in [0, 0.1) is 12.8 Å². The Balaban J connectivity index is 2.57. The molecule has 0 aliphatic heterocycles. The first-order valence-corrected chi connectivity index (χ1v) is 5.31. The average Bonchev–Trinajstić information content (AvgIpc) is 2.49. The highest BCUT2D eigenvalue weighted by Gasteiger charge is 2.17. The van der Waals surface area contributed by atoms with E-state index in [1.807, 2.05) is 20.8 Å². The first-order valence-electron chi connectivity index (χ1n) is 4.49. The van der Waals surface area contributed by atoms with Crippen molar-refractivity contribution in [2.24, 2.45) is 11.7 Å². The van der Waals surface area contributed by atoms with Crippen molar-refractivity contribution in [3.8, 4) is 0 Å². The fraction of sp³-hybridized carbons (Fsp3) is 0.556. The number of nitrogens with zero attached hydrogens (tertiary/aromatic N) is 1. The second kappa shape index (κ2) is 4.52. The maximum atomic E-state index is 11.5. The number of carbonyl (C=O) groups is 1. The molecular weight excluding hydrogens is 198 g/mol. The smallest absolute Gasteiger partial charge is 0.243 e. The Morgan fingerprint density at radius 2 is 2.29 bits per heavy atom. The minimum absolute atomic E-state index is 0.135. The summed E-state index contributed by atoms with van der Waals surface area (Å²) in [7, 11) is 0. The summed E-state index contributed by atoms with van der Waals surface area (Å²) in [5, 5.41) is 3.30. The quantitative estimate of drug-likeness (QED) is 0.797. The third-order valence-electron chi connectivity index (χ3n) is 1.87. The van der Waals surface area contributed by atoms with Crippen LogP contribution >= 0.6 is 11.3 Å². The maximum absolute atomic E-state index is 11.5. The van der Waals surface area contributed by atoms with Gasteiger partial charge in [0.05, 0.1) is 6.04 Å². The second-order valence-electron chi connectivity index (χ2n) is 3.54. The van der Waals surface area contributed by atoms with E-state index >= 15 is 0 Å². The van der Waals surface area contributed by atoms with Crippen molar-refractivity contribution in [3.63, 3.8) is 0 Å². The van der Waals surface area contributed by atoms with E-state index in [0.717, 1.165) is 4.88 Å². The molecule has 1 heterocycles.